The van der Waals surface area contributed by atoms with Crippen LogP contribution in [0.4, 0.5) is 10.1 Å². The Morgan fingerprint density at radius 1 is 0.795 bits per heavy atom. The lowest BCUT2D eigenvalue weighted by molar-refractivity contribution is -0.140. The summed E-state index contributed by atoms with van der Waals surface area (Å²) < 4.78 is 42.7. The summed E-state index contributed by atoms with van der Waals surface area (Å²) in [4.78, 5) is 29.4. The molecule has 0 aliphatic rings. The highest BCUT2D eigenvalue weighted by Crippen LogP contribution is 2.26. The second-order valence-electron chi connectivity index (χ2n) is 11.2. The Morgan fingerprint density at radius 3 is 1.93 bits per heavy atom. The van der Waals surface area contributed by atoms with Crippen molar-refractivity contribution in [3.8, 4) is 0 Å². The number of carbonyl (C=O) groups excluding carboxylic acids is 2. The fraction of sp³-hybridized carbons (Fsp3) is 0.257. The molecule has 0 spiro atoms. The maximum Gasteiger partial charge on any atom is 0.264 e. The summed E-state index contributed by atoms with van der Waals surface area (Å²) in [6.07, 6.45) is 0.235. The number of rotatable bonds is 13. The van der Waals surface area contributed by atoms with Gasteiger partial charge >= 0.3 is 0 Å². The largest absolute Gasteiger partial charge is 0.354 e. The van der Waals surface area contributed by atoms with E-state index >= 15 is 0 Å². The third-order valence-electron chi connectivity index (χ3n) is 7.15. The van der Waals surface area contributed by atoms with Crippen LogP contribution in [0.25, 0.3) is 0 Å². The van der Waals surface area contributed by atoms with E-state index in [1.54, 1.807) is 24.3 Å². The number of nitrogens with one attached hydrogen (secondary N) is 1. The van der Waals surface area contributed by atoms with E-state index in [9.17, 15) is 22.4 Å². The number of amides is 2. The highest BCUT2D eigenvalue weighted by molar-refractivity contribution is 7.92. The minimum atomic E-state index is -4.29. The molecule has 1 atom stereocenters. The highest BCUT2D eigenvalue weighted by Gasteiger charge is 2.34. The van der Waals surface area contributed by atoms with Crippen molar-refractivity contribution < 1.29 is 22.4 Å². The number of aryl methyl sites for hydroxylation is 1. The Balaban J connectivity index is 1.78. The number of nitrogens with zero attached hydrogens (tertiary/aromatic N) is 2. The maximum atomic E-state index is 14.4. The van der Waals surface area contributed by atoms with E-state index in [1.165, 1.54) is 17.0 Å². The summed E-state index contributed by atoms with van der Waals surface area (Å²) in [6.45, 7) is 5.78. The third-order valence-corrected chi connectivity index (χ3v) is 8.94. The lowest BCUT2D eigenvalue weighted by Gasteiger charge is -2.34. The Labute approximate surface area is 259 Å². The fourth-order valence-electron chi connectivity index (χ4n) is 4.73. The van der Waals surface area contributed by atoms with Crippen molar-refractivity contribution in [3.63, 3.8) is 0 Å². The van der Waals surface area contributed by atoms with Crippen LogP contribution in [0.1, 0.15) is 30.5 Å². The van der Waals surface area contributed by atoms with E-state index in [0.29, 0.717) is 6.54 Å². The monoisotopic (exact) mass is 615 g/mol. The van der Waals surface area contributed by atoms with Gasteiger partial charge < -0.3 is 10.2 Å². The molecule has 0 fully saturated rings. The normalized spacial score (nSPS) is 12.0. The molecule has 0 aliphatic heterocycles. The second-order valence-corrected chi connectivity index (χ2v) is 13.0. The number of benzene rings is 4. The predicted molar refractivity (Wildman–Crippen MR) is 171 cm³/mol. The summed E-state index contributed by atoms with van der Waals surface area (Å²) in [5, 5.41) is 2.98. The zero-order chi connectivity index (χ0) is 31.7. The molecule has 0 saturated heterocycles. The first-order chi connectivity index (χ1) is 21.0. The van der Waals surface area contributed by atoms with Gasteiger partial charge in [0.2, 0.25) is 11.8 Å². The predicted octanol–water partition coefficient (Wildman–Crippen LogP) is 5.74. The van der Waals surface area contributed by atoms with Crippen molar-refractivity contribution in [2.75, 3.05) is 17.4 Å². The summed E-state index contributed by atoms with van der Waals surface area (Å²) >= 11 is 0. The molecule has 1 N–H and O–H groups in total. The molecule has 0 unspecified atom stereocenters. The van der Waals surface area contributed by atoms with Crippen LogP contribution in [0, 0.1) is 18.7 Å². The van der Waals surface area contributed by atoms with Crippen LogP contribution in [0.3, 0.4) is 0 Å². The standard InChI is InChI=1S/C35H38FN3O4S/c1-26(2)23-37-35(41)33(22-28-10-6-4-7-11-28)38(24-29-12-8-5-9-13-29)34(40)25-39(31-18-14-27(3)15-19-31)44(42,43)32-20-16-30(36)17-21-32/h4-21,26,33H,22-25H2,1-3H3,(H,37,41)/t33-/m1/s1. The molecule has 9 heteroatoms. The molecule has 0 aromatic heterocycles. The van der Waals surface area contributed by atoms with Crippen molar-refractivity contribution in [3.05, 3.63) is 132 Å². The topological polar surface area (TPSA) is 86.8 Å². The van der Waals surface area contributed by atoms with Crippen LogP contribution in [0.15, 0.2) is 114 Å². The lowest BCUT2D eigenvalue weighted by atomic mass is 10.0. The van der Waals surface area contributed by atoms with Gasteiger partial charge in [0.1, 0.15) is 18.4 Å². The van der Waals surface area contributed by atoms with Crippen molar-refractivity contribution in [1.29, 1.82) is 0 Å². The van der Waals surface area contributed by atoms with Crippen molar-refractivity contribution in [1.82, 2.24) is 10.2 Å². The SMILES string of the molecule is Cc1ccc(N(CC(=O)N(Cc2ccccc2)[C@H](Cc2ccccc2)C(=O)NCC(C)C)S(=O)(=O)c2ccc(F)cc2)cc1. The van der Waals surface area contributed by atoms with Gasteiger partial charge in [0.05, 0.1) is 10.6 Å². The van der Waals surface area contributed by atoms with E-state index in [0.717, 1.165) is 33.1 Å². The first-order valence-corrected chi connectivity index (χ1v) is 16.0. The molecule has 0 saturated carbocycles. The smallest absolute Gasteiger partial charge is 0.264 e. The van der Waals surface area contributed by atoms with Crippen molar-refractivity contribution >= 4 is 27.5 Å². The van der Waals surface area contributed by atoms with E-state index in [-0.39, 0.29) is 35.4 Å². The Kier molecular flexibility index (Phi) is 10.9. The van der Waals surface area contributed by atoms with E-state index < -0.39 is 34.3 Å². The molecule has 0 radical (unpaired) electrons. The van der Waals surface area contributed by atoms with E-state index in [4.69, 9.17) is 0 Å². The summed E-state index contributed by atoms with van der Waals surface area (Å²) in [7, 11) is -4.29. The molecule has 0 aliphatic carbocycles. The van der Waals surface area contributed by atoms with Gasteiger partial charge in [0.15, 0.2) is 0 Å². The molecule has 4 rings (SSSR count). The Bertz CT molecular complexity index is 1630. The number of sulfonamides is 1. The van der Waals surface area contributed by atoms with Gasteiger partial charge in [-0.2, -0.15) is 0 Å². The van der Waals surface area contributed by atoms with Gasteiger partial charge in [-0.1, -0.05) is 92.2 Å². The zero-order valence-corrected chi connectivity index (χ0v) is 26.0. The van der Waals surface area contributed by atoms with E-state index in [1.807, 2.05) is 81.4 Å². The van der Waals surface area contributed by atoms with Crippen LogP contribution in [0.2, 0.25) is 0 Å². The molecule has 4 aromatic rings. The van der Waals surface area contributed by atoms with Crippen LogP contribution in [0.5, 0.6) is 0 Å². The zero-order valence-electron chi connectivity index (χ0n) is 25.2. The molecular formula is C35H38FN3O4S. The molecule has 2 amide bonds. The number of hydrogen-bond donors (Lipinski definition) is 1. The number of carbonyl (C=O) groups is 2. The van der Waals surface area contributed by atoms with Crippen LogP contribution < -0.4 is 9.62 Å². The lowest BCUT2D eigenvalue weighted by Crippen LogP contribution is -2.53. The minimum absolute atomic E-state index is 0.0879. The molecule has 230 valence electrons. The van der Waals surface area contributed by atoms with Gasteiger partial charge in [0.25, 0.3) is 10.0 Å². The average molecular weight is 616 g/mol. The van der Waals surface area contributed by atoms with Crippen molar-refractivity contribution in [2.45, 2.75) is 44.7 Å². The number of halogens is 1. The van der Waals surface area contributed by atoms with Gasteiger partial charge in [-0.15, -0.1) is 0 Å². The first kappa shape index (κ1) is 32.4. The quantitative estimate of drug-likeness (QED) is 0.208. The summed E-state index contributed by atoms with van der Waals surface area (Å²) in [6, 6.07) is 29.0. The molecule has 44 heavy (non-hydrogen) atoms. The Hall–Kier alpha value is -4.50. The highest BCUT2D eigenvalue weighted by atomic mass is 32.2. The van der Waals surface area contributed by atoms with Crippen LogP contribution in [-0.4, -0.2) is 44.3 Å². The summed E-state index contributed by atoms with van der Waals surface area (Å²) in [5.74, 6) is -1.27. The van der Waals surface area contributed by atoms with Crippen molar-refractivity contribution in [2.24, 2.45) is 5.92 Å². The fourth-order valence-corrected chi connectivity index (χ4v) is 6.14. The van der Waals surface area contributed by atoms with Gasteiger partial charge in [-0.3, -0.25) is 13.9 Å². The van der Waals surface area contributed by atoms with Gasteiger partial charge in [-0.05, 0) is 60.4 Å². The second kappa shape index (κ2) is 14.8. The average Bonchev–Trinajstić information content (AvgIpc) is 3.02. The number of anilines is 1. The molecule has 0 heterocycles. The van der Waals surface area contributed by atoms with Gasteiger partial charge in [-0.25, -0.2) is 12.8 Å². The molecule has 0 bridgehead atoms. The van der Waals surface area contributed by atoms with Gasteiger partial charge in [0, 0.05) is 19.5 Å². The maximum absolute atomic E-state index is 14.4. The van der Waals surface area contributed by atoms with E-state index in [2.05, 4.69) is 5.32 Å². The number of hydrogen-bond acceptors (Lipinski definition) is 4. The van der Waals surface area contributed by atoms with Crippen LogP contribution in [-0.2, 0) is 32.6 Å². The minimum Gasteiger partial charge on any atom is -0.354 e. The molecular weight excluding hydrogens is 577 g/mol. The molecule has 7 nitrogen and oxygen atoms in total. The third kappa shape index (κ3) is 8.54. The van der Waals surface area contributed by atoms with Crippen LogP contribution >= 0.6 is 0 Å². The first-order valence-electron chi connectivity index (χ1n) is 14.5. The summed E-state index contributed by atoms with van der Waals surface area (Å²) in [5.41, 5.74) is 2.84. The Morgan fingerprint density at radius 2 is 1.36 bits per heavy atom. The molecule has 4 aromatic carbocycles.